The van der Waals surface area contributed by atoms with Gasteiger partial charge in [0.2, 0.25) is 0 Å². The lowest BCUT2D eigenvalue weighted by atomic mass is 10.2. The molecule has 0 aromatic rings. The normalized spacial score (nSPS) is 13.4. The Bertz CT molecular complexity index is 305. The fraction of sp³-hybridized carbons (Fsp3) is 0.625. The average Bonchev–Trinajstić information content (AvgIpc) is 2.12. The first-order chi connectivity index (χ1) is 7.24. The van der Waals surface area contributed by atoms with Crippen LogP contribution in [0.15, 0.2) is 10.1 Å². The van der Waals surface area contributed by atoms with E-state index in [0.717, 1.165) is 0 Å². The van der Waals surface area contributed by atoms with Crippen LogP contribution in [0.5, 0.6) is 0 Å². The van der Waals surface area contributed by atoms with Crippen LogP contribution < -0.4 is 16.8 Å². The summed E-state index contributed by atoms with van der Waals surface area (Å²) in [6.45, 7) is 5.16. The molecule has 0 aliphatic heterocycles. The molecule has 0 aliphatic carbocycles. The van der Waals surface area contributed by atoms with Crippen molar-refractivity contribution in [2.45, 2.75) is 26.4 Å². The number of hydrogen-bond acceptors (Lipinski definition) is 4. The summed E-state index contributed by atoms with van der Waals surface area (Å²) in [5.41, 5.74) is 9.86. The Hall–Kier alpha value is -1.99. The van der Waals surface area contributed by atoms with Gasteiger partial charge in [0.15, 0.2) is 0 Å². The number of alkyl carbamates (subject to hydrolysis) is 1. The predicted molar refractivity (Wildman–Crippen MR) is 59.3 cm³/mol. The minimum atomic E-state index is -0.620. The maximum absolute atomic E-state index is 11.2. The zero-order chi connectivity index (χ0) is 12.8. The highest BCUT2D eigenvalue weighted by molar-refractivity contribution is 5.96. The number of nitrogens with one attached hydrogen (secondary N) is 1. The van der Waals surface area contributed by atoms with E-state index in [9.17, 15) is 4.79 Å². The molecule has 0 aromatic heterocycles. The molecular formula is C8H17N5O3. The van der Waals surface area contributed by atoms with E-state index < -0.39 is 11.7 Å². The van der Waals surface area contributed by atoms with Crippen molar-refractivity contribution in [2.24, 2.45) is 21.6 Å². The highest BCUT2D eigenvalue weighted by Gasteiger charge is 2.15. The SMILES string of the molecule is CC(C)(C)OC(=O)NC/C(N)=N/C(N)=N/O. The second-order valence-electron chi connectivity index (χ2n) is 3.92. The van der Waals surface area contributed by atoms with Gasteiger partial charge in [-0.05, 0) is 25.9 Å². The lowest BCUT2D eigenvalue weighted by Gasteiger charge is -2.19. The molecule has 0 fully saturated rings. The molecule has 0 aromatic carbocycles. The summed E-state index contributed by atoms with van der Waals surface area (Å²) in [5.74, 6) is -0.385. The van der Waals surface area contributed by atoms with Gasteiger partial charge in [0.1, 0.15) is 11.4 Å². The van der Waals surface area contributed by atoms with Crippen molar-refractivity contribution < 1.29 is 14.7 Å². The van der Waals surface area contributed by atoms with Crippen molar-refractivity contribution in [3.8, 4) is 0 Å². The van der Waals surface area contributed by atoms with Gasteiger partial charge < -0.3 is 26.7 Å². The van der Waals surface area contributed by atoms with Gasteiger partial charge in [-0.3, -0.25) is 0 Å². The van der Waals surface area contributed by atoms with Crippen molar-refractivity contribution in [3.63, 3.8) is 0 Å². The van der Waals surface area contributed by atoms with Crippen molar-refractivity contribution in [3.05, 3.63) is 0 Å². The van der Waals surface area contributed by atoms with Crippen LogP contribution in [-0.4, -0.2) is 35.2 Å². The van der Waals surface area contributed by atoms with Crippen molar-refractivity contribution in [1.82, 2.24) is 5.32 Å². The number of amidine groups is 1. The number of aliphatic imine (C=N–C) groups is 1. The maximum atomic E-state index is 11.2. The number of ether oxygens (including phenoxy) is 1. The third-order valence-electron chi connectivity index (χ3n) is 1.17. The van der Waals surface area contributed by atoms with Crippen LogP contribution in [0.1, 0.15) is 20.8 Å². The number of nitrogens with two attached hydrogens (primary N) is 2. The Labute approximate surface area is 93.3 Å². The number of carbonyl (C=O) groups is 1. The molecule has 0 heterocycles. The summed E-state index contributed by atoms with van der Waals surface area (Å²) in [6.07, 6.45) is -0.620. The summed E-state index contributed by atoms with van der Waals surface area (Å²) in [5, 5.41) is 13.2. The highest BCUT2D eigenvalue weighted by Crippen LogP contribution is 2.05. The van der Waals surface area contributed by atoms with Crippen molar-refractivity contribution in [2.75, 3.05) is 6.54 Å². The van der Waals surface area contributed by atoms with Crippen LogP contribution in [0.4, 0.5) is 4.79 Å². The molecule has 0 aliphatic rings. The van der Waals surface area contributed by atoms with Crippen molar-refractivity contribution in [1.29, 1.82) is 0 Å². The van der Waals surface area contributed by atoms with Crippen LogP contribution >= 0.6 is 0 Å². The quantitative estimate of drug-likeness (QED) is 0.221. The van der Waals surface area contributed by atoms with Gasteiger partial charge in [-0.25, -0.2) is 4.79 Å². The molecular weight excluding hydrogens is 214 g/mol. The topological polar surface area (TPSA) is 135 Å². The zero-order valence-electron chi connectivity index (χ0n) is 9.52. The summed E-state index contributed by atoms with van der Waals surface area (Å²) >= 11 is 0. The summed E-state index contributed by atoms with van der Waals surface area (Å²) in [6, 6.07) is 0. The minimum Gasteiger partial charge on any atom is -0.444 e. The maximum Gasteiger partial charge on any atom is 0.408 e. The van der Waals surface area contributed by atoms with Crippen LogP contribution in [0, 0.1) is 0 Å². The van der Waals surface area contributed by atoms with Crippen LogP contribution in [-0.2, 0) is 4.74 Å². The molecule has 0 rings (SSSR count). The van der Waals surface area contributed by atoms with Crippen LogP contribution in [0.3, 0.4) is 0 Å². The first-order valence-corrected chi connectivity index (χ1v) is 4.52. The Morgan fingerprint density at radius 3 is 2.44 bits per heavy atom. The third-order valence-corrected chi connectivity index (χ3v) is 1.17. The number of oxime groups is 1. The van der Waals surface area contributed by atoms with Crippen LogP contribution in [0.25, 0.3) is 0 Å². The Balaban J connectivity index is 4.07. The van der Waals surface area contributed by atoms with E-state index in [1.165, 1.54) is 0 Å². The Kier molecular flexibility index (Phi) is 5.07. The number of amides is 1. The monoisotopic (exact) mass is 231 g/mol. The minimum absolute atomic E-state index is 0.00107. The van der Waals surface area contributed by atoms with E-state index in [0.29, 0.717) is 0 Å². The smallest absolute Gasteiger partial charge is 0.408 e. The second-order valence-corrected chi connectivity index (χ2v) is 3.92. The molecule has 0 atom stereocenters. The lowest BCUT2D eigenvalue weighted by Crippen LogP contribution is -2.38. The van der Waals surface area contributed by atoms with Gasteiger partial charge in [0, 0.05) is 0 Å². The molecule has 8 heteroatoms. The van der Waals surface area contributed by atoms with E-state index in [1.54, 1.807) is 20.8 Å². The van der Waals surface area contributed by atoms with Gasteiger partial charge in [-0.15, -0.1) is 0 Å². The van der Waals surface area contributed by atoms with Gasteiger partial charge in [-0.2, -0.15) is 4.99 Å². The molecule has 0 spiro atoms. The molecule has 6 N–H and O–H groups in total. The number of guanidine groups is 1. The lowest BCUT2D eigenvalue weighted by molar-refractivity contribution is 0.0536. The molecule has 0 saturated carbocycles. The number of carbonyl (C=O) groups excluding carboxylic acids is 1. The fourth-order valence-electron chi connectivity index (χ4n) is 0.686. The molecule has 16 heavy (non-hydrogen) atoms. The number of hydrogen-bond donors (Lipinski definition) is 4. The van der Waals surface area contributed by atoms with E-state index in [-0.39, 0.29) is 18.3 Å². The molecule has 92 valence electrons. The van der Waals surface area contributed by atoms with E-state index in [2.05, 4.69) is 15.5 Å². The summed E-state index contributed by atoms with van der Waals surface area (Å²) in [4.78, 5) is 14.6. The van der Waals surface area contributed by atoms with E-state index >= 15 is 0 Å². The molecule has 0 saturated heterocycles. The van der Waals surface area contributed by atoms with Gasteiger partial charge in [0.05, 0.1) is 6.54 Å². The fourth-order valence-corrected chi connectivity index (χ4v) is 0.686. The van der Waals surface area contributed by atoms with Gasteiger partial charge >= 0.3 is 6.09 Å². The predicted octanol–water partition coefficient (Wildman–Crippen LogP) is -0.428. The first kappa shape index (κ1) is 14.0. The van der Waals surface area contributed by atoms with Gasteiger partial charge in [0.25, 0.3) is 5.96 Å². The van der Waals surface area contributed by atoms with Crippen molar-refractivity contribution >= 4 is 17.9 Å². The zero-order valence-corrected chi connectivity index (χ0v) is 9.52. The molecule has 0 bridgehead atoms. The molecule has 8 nitrogen and oxygen atoms in total. The molecule has 0 unspecified atom stereocenters. The number of nitrogens with zero attached hydrogens (tertiary/aromatic N) is 2. The molecule has 0 radical (unpaired) electrons. The van der Waals surface area contributed by atoms with Crippen LogP contribution in [0.2, 0.25) is 0 Å². The van der Waals surface area contributed by atoms with E-state index in [4.69, 9.17) is 21.4 Å². The van der Waals surface area contributed by atoms with Gasteiger partial charge in [-0.1, -0.05) is 0 Å². The van der Waals surface area contributed by atoms with E-state index in [1.807, 2.05) is 0 Å². The first-order valence-electron chi connectivity index (χ1n) is 4.52. The standard InChI is InChI=1S/C8H17N5O3/c1-8(2,3)16-7(14)11-4-5(9)12-6(10)13-15/h15H,4H2,1-3H3,(H,11,14)(H4,9,10,12,13). The highest BCUT2D eigenvalue weighted by atomic mass is 16.6. The summed E-state index contributed by atoms with van der Waals surface area (Å²) < 4.78 is 4.95. The number of rotatable bonds is 2. The second kappa shape index (κ2) is 5.79. The molecule has 1 amide bonds. The third kappa shape index (κ3) is 7.42. The largest absolute Gasteiger partial charge is 0.444 e. The average molecular weight is 231 g/mol. The summed E-state index contributed by atoms with van der Waals surface area (Å²) in [7, 11) is 0. The Morgan fingerprint density at radius 2 is 2.00 bits per heavy atom. The Morgan fingerprint density at radius 1 is 1.44 bits per heavy atom.